The van der Waals surface area contributed by atoms with Crippen LogP contribution in [0.25, 0.3) is 0 Å². The summed E-state index contributed by atoms with van der Waals surface area (Å²) >= 11 is 1.43. The van der Waals surface area contributed by atoms with Crippen LogP contribution < -0.4 is 5.32 Å². The maximum Gasteiger partial charge on any atom is 0.266 e. The Balaban J connectivity index is 1.38. The Kier molecular flexibility index (Phi) is 4.15. The van der Waals surface area contributed by atoms with Gasteiger partial charge in [-0.1, -0.05) is 36.4 Å². The fraction of sp³-hybridized carbons (Fsp3) is 0.222. The Morgan fingerprint density at radius 2 is 2.08 bits per heavy atom. The summed E-state index contributed by atoms with van der Waals surface area (Å²) in [6.45, 7) is 2.66. The average Bonchev–Trinajstić information content (AvgIpc) is 3.32. The van der Waals surface area contributed by atoms with E-state index in [2.05, 4.69) is 44.7 Å². The number of aromatic amines is 1. The first kappa shape index (κ1) is 15.1. The van der Waals surface area contributed by atoms with Crippen molar-refractivity contribution in [3.8, 4) is 0 Å². The molecule has 1 aliphatic heterocycles. The van der Waals surface area contributed by atoms with Crippen LogP contribution in [0.15, 0.2) is 47.8 Å². The number of hydrogen-bond donors (Lipinski definition) is 2. The van der Waals surface area contributed by atoms with Crippen LogP contribution in [-0.2, 0) is 19.5 Å². The monoisotopic (exact) mass is 338 g/mol. The number of nitrogens with zero attached hydrogens (tertiary/aromatic N) is 2. The molecule has 4 rings (SSSR count). The van der Waals surface area contributed by atoms with Crippen LogP contribution in [0.1, 0.15) is 26.5 Å². The van der Waals surface area contributed by atoms with Gasteiger partial charge in [-0.25, -0.2) is 0 Å². The lowest BCUT2D eigenvalue weighted by atomic mass is 10.1. The summed E-state index contributed by atoms with van der Waals surface area (Å²) in [5.41, 5.74) is 3.55. The largest absolute Gasteiger partial charge is 0.304 e. The van der Waals surface area contributed by atoms with Crippen molar-refractivity contribution in [2.75, 3.05) is 11.9 Å². The number of amides is 1. The number of H-pyrrole nitrogens is 1. The van der Waals surface area contributed by atoms with E-state index in [4.69, 9.17) is 0 Å². The van der Waals surface area contributed by atoms with Gasteiger partial charge < -0.3 is 5.32 Å². The molecule has 1 aromatic carbocycles. The third kappa shape index (κ3) is 3.11. The highest BCUT2D eigenvalue weighted by atomic mass is 32.1. The van der Waals surface area contributed by atoms with Gasteiger partial charge in [0.05, 0.1) is 10.6 Å². The number of anilines is 1. The lowest BCUT2D eigenvalue weighted by Gasteiger charge is -2.15. The summed E-state index contributed by atoms with van der Waals surface area (Å²) in [6, 6.07) is 14.2. The van der Waals surface area contributed by atoms with Crippen molar-refractivity contribution < 1.29 is 4.79 Å². The van der Waals surface area contributed by atoms with Gasteiger partial charge in [0, 0.05) is 25.2 Å². The van der Waals surface area contributed by atoms with Crippen LogP contribution in [-0.4, -0.2) is 27.5 Å². The topological polar surface area (TPSA) is 61.0 Å². The number of thiophene rings is 1. The second kappa shape index (κ2) is 6.59. The normalized spacial score (nSPS) is 13.8. The van der Waals surface area contributed by atoms with Gasteiger partial charge in [-0.15, -0.1) is 11.3 Å². The zero-order valence-corrected chi connectivity index (χ0v) is 14.0. The van der Waals surface area contributed by atoms with Crippen molar-refractivity contribution in [2.45, 2.75) is 19.5 Å². The van der Waals surface area contributed by atoms with Gasteiger partial charge in [0.2, 0.25) is 0 Å². The molecule has 1 aliphatic rings. The van der Waals surface area contributed by atoms with Crippen LogP contribution in [0.4, 0.5) is 5.82 Å². The fourth-order valence-electron chi connectivity index (χ4n) is 2.98. The maximum absolute atomic E-state index is 12.2. The fourth-order valence-corrected chi connectivity index (χ4v) is 3.59. The Bertz CT molecular complexity index is 826. The minimum atomic E-state index is -0.0953. The van der Waals surface area contributed by atoms with Crippen LogP contribution in [0.3, 0.4) is 0 Å². The Hall–Kier alpha value is -2.44. The molecule has 3 aromatic rings. The summed E-state index contributed by atoms with van der Waals surface area (Å²) in [6.07, 6.45) is 1.02. The molecule has 0 bridgehead atoms. The third-order valence-corrected chi connectivity index (χ3v) is 5.12. The lowest BCUT2D eigenvalue weighted by Crippen LogP contribution is -2.20. The van der Waals surface area contributed by atoms with Gasteiger partial charge in [0.1, 0.15) is 0 Å². The summed E-state index contributed by atoms with van der Waals surface area (Å²) in [5, 5.41) is 12.1. The Labute approximate surface area is 144 Å². The van der Waals surface area contributed by atoms with Gasteiger partial charge in [-0.3, -0.25) is 14.8 Å². The van der Waals surface area contributed by atoms with Crippen molar-refractivity contribution in [3.05, 3.63) is 69.5 Å². The number of rotatable bonds is 5. The molecule has 0 radical (unpaired) electrons. The SMILES string of the molecule is O=C(Nc1n[nH]c2c1CN(CCc1ccccc1)C2)c1cccs1. The predicted molar refractivity (Wildman–Crippen MR) is 95.1 cm³/mol. The van der Waals surface area contributed by atoms with Gasteiger partial charge >= 0.3 is 0 Å². The molecule has 3 heterocycles. The first-order valence-corrected chi connectivity index (χ1v) is 8.85. The summed E-state index contributed by atoms with van der Waals surface area (Å²) in [4.78, 5) is 15.3. The van der Waals surface area contributed by atoms with Crippen LogP contribution >= 0.6 is 11.3 Å². The molecule has 0 fully saturated rings. The number of nitrogens with one attached hydrogen (secondary N) is 2. The molecule has 0 atom stereocenters. The highest BCUT2D eigenvalue weighted by Crippen LogP contribution is 2.27. The number of aromatic nitrogens is 2. The highest BCUT2D eigenvalue weighted by molar-refractivity contribution is 7.12. The zero-order valence-electron chi connectivity index (χ0n) is 13.2. The van der Waals surface area contributed by atoms with Crippen molar-refractivity contribution in [1.82, 2.24) is 15.1 Å². The molecule has 1 amide bonds. The molecule has 0 unspecified atom stereocenters. The molecule has 24 heavy (non-hydrogen) atoms. The first-order valence-electron chi connectivity index (χ1n) is 7.97. The van der Waals surface area contributed by atoms with E-state index >= 15 is 0 Å². The van der Waals surface area contributed by atoms with E-state index in [1.54, 1.807) is 0 Å². The van der Waals surface area contributed by atoms with E-state index in [9.17, 15) is 4.79 Å². The maximum atomic E-state index is 12.2. The molecule has 6 heteroatoms. The molecule has 0 saturated carbocycles. The highest BCUT2D eigenvalue weighted by Gasteiger charge is 2.25. The number of carbonyl (C=O) groups excluding carboxylic acids is 1. The van der Waals surface area contributed by atoms with Gasteiger partial charge in [0.15, 0.2) is 5.82 Å². The summed E-state index contributed by atoms with van der Waals surface area (Å²) < 4.78 is 0. The molecule has 2 N–H and O–H groups in total. The number of benzene rings is 1. The minimum Gasteiger partial charge on any atom is -0.304 e. The summed E-state index contributed by atoms with van der Waals surface area (Å²) in [5.74, 6) is 0.563. The van der Waals surface area contributed by atoms with E-state index in [1.807, 2.05) is 23.6 Å². The van der Waals surface area contributed by atoms with Crippen LogP contribution in [0.2, 0.25) is 0 Å². The molecule has 122 valence electrons. The molecule has 2 aromatic heterocycles. The third-order valence-electron chi connectivity index (χ3n) is 4.25. The lowest BCUT2D eigenvalue weighted by molar-refractivity contribution is 0.103. The van der Waals surface area contributed by atoms with E-state index < -0.39 is 0 Å². The van der Waals surface area contributed by atoms with E-state index in [0.717, 1.165) is 37.3 Å². The van der Waals surface area contributed by atoms with Gasteiger partial charge in [-0.2, -0.15) is 5.10 Å². The number of fused-ring (bicyclic) bond motifs is 1. The second-order valence-corrected chi connectivity index (χ2v) is 6.85. The Morgan fingerprint density at radius 3 is 2.88 bits per heavy atom. The van der Waals surface area contributed by atoms with E-state index in [-0.39, 0.29) is 5.91 Å². The van der Waals surface area contributed by atoms with Gasteiger partial charge in [0.25, 0.3) is 5.91 Å². The van der Waals surface area contributed by atoms with Crippen molar-refractivity contribution in [2.24, 2.45) is 0 Å². The first-order chi connectivity index (χ1) is 11.8. The van der Waals surface area contributed by atoms with Gasteiger partial charge in [-0.05, 0) is 23.4 Å². The quantitative estimate of drug-likeness (QED) is 0.750. The average molecular weight is 338 g/mol. The number of carbonyl (C=O) groups is 1. The summed E-state index contributed by atoms with van der Waals surface area (Å²) in [7, 11) is 0. The van der Waals surface area contributed by atoms with Crippen LogP contribution in [0.5, 0.6) is 0 Å². The molecular formula is C18H18N4OS. The van der Waals surface area contributed by atoms with Crippen molar-refractivity contribution >= 4 is 23.1 Å². The standard InChI is InChI=1S/C18H18N4OS/c23-18(16-7-4-10-24-16)19-17-14-11-22(12-15(14)20-21-17)9-8-13-5-2-1-3-6-13/h1-7,10H,8-9,11-12H2,(H2,19,20,21,23). The smallest absolute Gasteiger partial charge is 0.266 e. The molecule has 0 spiro atoms. The van der Waals surface area contributed by atoms with E-state index in [0.29, 0.717) is 10.7 Å². The second-order valence-electron chi connectivity index (χ2n) is 5.91. The minimum absolute atomic E-state index is 0.0953. The predicted octanol–water partition coefficient (Wildman–Crippen LogP) is 3.28. The number of hydrogen-bond acceptors (Lipinski definition) is 4. The van der Waals surface area contributed by atoms with Crippen molar-refractivity contribution in [3.63, 3.8) is 0 Å². The molecular weight excluding hydrogens is 320 g/mol. The van der Waals surface area contributed by atoms with E-state index in [1.165, 1.54) is 16.9 Å². The zero-order chi connectivity index (χ0) is 16.4. The molecule has 5 nitrogen and oxygen atoms in total. The molecule has 0 aliphatic carbocycles. The van der Waals surface area contributed by atoms with Crippen molar-refractivity contribution in [1.29, 1.82) is 0 Å². The van der Waals surface area contributed by atoms with Crippen LogP contribution in [0, 0.1) is 0 Å². The Morgan fingerprint density at radius 1 is 1.21 bits per heavy atom. The molecule has 0 saturated heterocycles.